The SMILES string of the molecule is CC1Cc2ccccc2N1C(=S)Nc1cc(S(=O)(=O)N2CCOCC2)ccc1Cl. The van der Waals surface area contributed by atoms with Crippen molar-refractivity contribution in [2.45, 2.75) is 24.3 Å². The van der Waals surface area contributed by atoms with Gasteiger partial charge in [0.1, 0.15) is 0 Å². The highest BCUT2D eigenvalue weighted by Gasteiger charge is 2.30. The van der Waals surface area contributed by atoms with Crippen LogP contribution in [0.5, 0.6) is 0 Å². The molecule has 6 nitrogen and oxygen atoms in total. The zero-order valence-corrected chi connectivity index (χ0v) is 18.4. The van der Waals surface area contributed by atoms with Gasteiger partial charge in [-0.15, -0.1) is 0 Å². The summed E-state index contributed by atoms with van der Waals surface area (Å²) in [5, 5.41) is 4.06. The highest BCUT2D eigenvalue weighted by atomic mass is 35.5. The number of nitrogens with zero attached hydrogens (tertiary/aromatic N) is 2. The zero-order valence-electron chi connectivity index (χ0n) is 16.0. The van der Waals surface area contributed by atoms with Crippen molar-refractivity contribution in [3.8, 4) is 0 Å². The minimum atomic E-state index is -3.62. The summed E-state index contributed by atoms with van der Waals surface area (Å²) < 4.78 is 32.6. The number of hydrogen-bond donors (Lipinski definition) is 1. The lowest BCUT2D eigenvalue weighted by Gasteiger charge is -2.27. The molecular weight excluding hydrogens is 430 g/mol. The van der Waals surface area contributed by atoms with Crippen LogP contribution >= 0.6 is 23.8 Å². The van der Waals surface area contributed by atoms with Gasteiger partial charge in [0, 0.05) is 24.8 Å². The van der Waals surface area contributed by atoms with E-state index in [-0.39, 0.29) is 10.9 Å². The first-order valence-corrected chi connectivity index (χ1v) is 11.7. The normalized spacial score (nSPS) is 19.8. The lowest BCUT2D eigenvalue weighted by atomic mass is 10.1. The Kier molecular flexibility index (Phi) is 5.81. The van der Waals surface area contributed by atoms with Crippen LogP contribution in [0, 0.1) is 0 Å². The number of ether oxygens (including phenoxy) is 1. The summed E-state index contributed by atoms with van der Waals surface area (Å²) >= 11 is 12.0. The molecule has 0 spiro atoms. The van der Waals surface area contributed by atoms with Crippen LogP contribution in [0.3, 0.4) is 0 Å². The van der Waals surface area contributed by atoms with Gasteiger partial charge in [-0.05, 0) is 55.4 Å². The molecule has 1 saturated heterocycles. The van der Waals surface area contributed by atoms with Crippen molar-refractivity contribution in [3.63, 3.8) is 0 Å². The lowest BCUT2D eigenvalue weighted by Crippen LogP contribution is -2.40. The van der Waals surface area contributed by atoms with E-state index in [2.05, 4.69) is 18.3 Å². The van der Waals surface area contributed by atoms with E-state index >= 15 is 0 Å². The average molecular weight is 452 g/mol. The Morgan fingerprint density at radius 3 is 2.69 bits per heavy atom. The maximum atomic E-state index is 13.0. The second-order valence-corrected chi connectivity index (χ2v) is 9.87. The molecule has 1 fully saturated rings. The Hall–Kier alpha value is -1.71. The van der Waals surface area contributed by atoms with E-state index in [1.165, 1.54) is 15.9 Å². The Morgan fingerprint density at radius 1 is 1.21 bits per heavy atom. The number of halogens is 1. The van der Waals surface area contributed by atoms with Crippen molar-refractivity contribution in [1.29, 1.82) is 0 Å². The van der Waals surface area contributed by atoms with E-state index in [0.717, 1.165) is 12.1 Å². The van der Waals surface area contributed by atoms with Crippen LogP contribution in [0.2, 0.25) is 5.02 Å². The third kappa shape index (κ3) is 4.00. The predicted octanol–water partition coefficient (Wildman–Crippen LogP) is 3.51. The molecule has 0 saturated carbocycles. The molecule has 29 heavy (non-hydrogen) atoms. The summed E-state index contributed by atoms with van der Waals surface area (Å²) in [7, 11) is -3.62. The van der Waals surface area contributed by atoms with E-state index in [9.17, 15) is 8.42 Å². The molecule has 2 aromatic rings. The number of hydrogen-bond acceptors (Lipinski definition) is 4. The minimum absolute atomic E-state index is 0.184. The Balaban J connectivity index is 1.59. The first kappa shape index (κ1) is 20.6. The van der Waals surface area contributed by atoms with Crippen molar-refractivity contribution in [2.24, 2.45) is 0 Å². The number of thiocarbonyl (C=S) groups is 1. The second-order valence-electron chi connectivity index (χ2n) is 7.14. The fourth-order valence-corrected chi connectivity index (χ4v) is 5.73. The molecule has 0 bridgehead atoms. The van der Waals surface area contributed by atoms with Gasteiger partial charge in [-0.1, -0.05) is 29.8 Å². The van der Waals surface area contributed by atoms with Crippen LogP contribution in [-0.2, 0) is 21.2 Å². The first-order chi connectivity index (χ1) is 13.9. The molecule has 154 valence electrons. The molecule has 0 radical (unpaired) electrons. The van der Waals surface area contributed by atoms with Crippen LogP contribution in [0.1, 0.15) is 12.5 Å². The van der Waals surface area contributed by atoms with Gasteiger partial charge in [0.05, 0.1) is 28.8 Å². The maximum absolute atomic E-state index is 13.0. The fourth-order valence-electron chi connectivity index (χ4n) is 3.75. The topological polar surface area (TPSA) is 61.9 Å². The second kappa shape index (κ2) is 8.20. The van der Waals surface area contributed by atoms with Crippen molar-refractivity contribution >= 4 is 50.3 Å². The molecule has 2 aliphatic rings. The largest absolute Gasteiger partial charge is 0.379 e. The molecule has 2 aliphatic heterocycles. The molecular formula is C20H22ClN3O3S2. The summed E-state index contributed by atoms with van der Waals surface area (Å²) in [5.41, 5.74) is 2.77. The average Bonchev–Trinajstić information content (AvgIpc) is 3.06. The number of rotatable bonds is 3. The quantitative estimate of drug-likeness (QED) is 0.720. The smallest absolute Gasteiger partial charge is 0.243 e. The minimum Gasteiger partial charge on any atom is -0.379 e. The molecule has 2 aromatic carbocycles. The zero-order chi connectivity index (χ0) is 20.6. The number of fused-ring (bicyclic) bond motifs is 1. The van der Waals surface area contributed by atoms with Gasteiger partial charge in [0.2, 0.25) is 10.0 Å². The van der Waals surface area contributed by atoms with Crippen LogP contribution < -0.4 is 10.2 Å². The highest BCUT2D eigenvalue weighted by molar-refractivity contribution is 7.89. The number of para-hydroxylation sites is 1. The fraction of sp³-hybridized carbons (Fsp3) is 0.350. The van der Waals surface area contributed by atoms with E-state index in [1.54, 1.807) is 12.1 Å². The molecule has 0 aromatic heterocycles. The van der Waals surface area contributed by atoms with E-state index in [4.69, 9.17) is 28.6 Å². The maximum Gasteiger partial charge on any atom is 0.243 e. The Morgan fingerprint density at radius 2 is 1.93 bits per heavy atom. The van der Waals surface area contributed by atoms with Gasteiger partial charge < -0.3 is 15.0 Å². The van der Waals surface area contributed by atoms with Gasteiger partial charge in [-0.2, -0.15) is 4.31 Å². The molecule has 0 amide bonds. The van der Waals surface area contributed by atoms with E-state index in [0.29, 0.717) is 42.1 Å². The molecule has 1 N–H and O–H groups in total. The number of benzene rings is 2. The van der Waals surface area contributed by atoms with Crippen molar-refractivity contribution in [3.05, 3.63) is 53.1 Å². The van der Waals surface area contributed by atoms with Crippen LogP contribution in [0.15, 0.2) is 47.4 Å². The summed E-state index contributed by atoms with van der Waals surface area (Å²) in [6.07, 6.45) is 0.900. The Labute approximate surface area is 181 Å². The summed E-state index contributed by atoms with van der Waals surface area (Å²) in [6.45, 7) is 3.58. The third-order valence-corrected chi connectivity index (χ3v) is 7.74. The van der Waals surface area contributed by atoms with E-state index < -0.39 is 10.0 Å². The predicted molar refractivity (Wildman–Crippen MR) is 119 cm³/mol. The molecule has 4 rings (SSSR count). The van der Waals surface area contributed by atoms with Crippen LogP contribution in [0.25, 0.3) is 0 Å². The van der Waals surface area contributed by atoms with Crippen molar-refractivity contribution in [1.82, 2.24) is 4.31 Å². The summed E-state index contributed by atoms with van der Waals surface area (Å²) in [5.74, 6) is 0. The monoisotopic (exact) mass is 451 g/mol. The molecule has 2 heterocycles. The molecule has 1 atom stereocenters. The van der Waals surface area contributed by atoms with Gasteiger partial charge in [-0.3, -0.25) is 0 Å². The summed E-state index contributed by atoms with van der Waals surface area (Å²) in [6, 6.07) is 13.0. The van der Waals surface area contributed by atoms with Crippen molar-refractivity contribution < 1.29 is 13.2 Å². The number of sulfonamides is 1. The molecule has 9 heteroatoms. The first-order valence-electron chi connectivity index (χ1n) is 9.43. The van der Waals surface area contributed by atoms with Gasteiger partial charge in [0.25, 0.3) is 0 Å². The summed E-state index contributed by atoms with van der Waals surface area (Å²) in [4.78, 5) is 2.23. The van der Waals surface area contributed by atoms with Crippen LogP contribution in [-0.4, -0.2) is 50.2 Å². The number of morpholine rings is 1. The number of anilines is 2. The number of nitrogens with one attached hydrogen (secondary N) is 1. The standard InChI is InChI=1S/C20H22ClN3O3S2/c1-14-12-15-4-2-3-5-19(15)24(14)20(28)22-18-13-16(6-7-17(18)21)29(25,26)23-8-10-27-11-9-23/h2-7,13-14H,8-12H2,1H3,(H,22,28). The van der Waals surface area contributed by atoms with Crippen molar-refractivity contribution in [2.75, 3.05) is 36.5 Å². The van der Waals surface area contributed by atoms with Gasteiger partial charge in [-0.25, -0.2) is 8.42 Å². The van der Waals surface area contributed by atoms with Gasteiger partial charge in [0.15, 0.2) is 5.11 Å². The molecule has 1 unspecified atom stereocenters. The van der Waals surface area contributed by atoms with E-state index in [1.807, 2.05) is 23.1 Å². The van der Waals surface area contributed by atoms with Crippen LogP contribution in [0.4, 0.5) is 11.4 Å². The van der Waals surface area contributed by atoms with Gasteiger partial charge >= 0.3 is 0 Å². The Bertz CT molecular complexity index is 1040. The highest BCUT2D eigenvalue weighted by Crippen LogP contribution is 2.34. The lowest BCUT2D eigenvalue weighted by molar-refractivity contribution is 0.0730. The third-order valence-electron chi connectivity index (χ3n) is 5.21. The molecule has 0 aliphatic carbocycles.